The van der Waals surface area contributed by atoms with Gasteiger partial charge in [-0.1, -0.05) is 13.3 Å². The Bertz CT molecular complexity index is 630. The molecule has 0 radical (unpaired) electrons. The van der Waals surface area contributed by atoms with E-state index in [9.17, 15) is 10.0 Å². The van der Waals surface area contributed by atoms with Gasteiger partial charge in [-0.05, 0) is 29.8 Å². The van der Waals surface area contributed by atoms with Crippen LogP contribution in [0.15, 0.2) is 29.4 Å². The number of anilines is 3. The largest absolute Gasteiger partial charge is 0.493 e. The summed E-state index contributed by atoms with van der Waals surface area (Å²) in [5.74, 6) is 0.158. The SMILES string of the molecule is CCCc1cc(O)nc(Nc2ccc(N)c(N=O)c2)n1. The Hall–Kier alpha value is -2.70. The average Bonchev–Trinajstić information content (AvgIpc) is 2.40. The molecule has 1 aromatic heterocycles. The molecular weight excluding hydrogens is 258 g/mol. The molecule has 0 aliphatic carbocycles. The fourth-order valence-electron chi connectivity index (χ4n) is 1.75. The van der Waals surface area contributed by atoms with Gasteiger partial charge in [-0.25, -0.2) is 4.98 Å². The van der Waals surface area contributed by atoms with Crippen LogP contribution in [0.2, 0.25) is 0 Å². The van der Waals surface area contributed by atoms with E-state index in [0.29, 0.717) is 11.4 Å². The second-order valence-electron chi connectivity index (χ2n) is 4.28. The number of aromatic nitrogens is 2. The number of aryl methyl sites for hydroxylation is 1. The van der Waals surface area contributed by atoms with Crippen molar-refractivity contribution in [2.45, 2.75) is 19.8 Å². The van der Waals surface area contributed by atoms with Crippen molar-refractivity contribution in [3.8, 4) is 5.88 Å². The van der Waals surface area contributed by atoms with Gasteiger partial charge in [0.25, 0.3) is 0 Å². The lowest BCUT2D eigenvalue weighted by Gasteiger charge is -2.08. The molecule has 0 fully saturated rings. The Morgan fingerprint density at radius 2 is 2.15 bits per heavy atom. The van der Waals surface area contributed by atoms with Gasteiger partial charge < -0.3 is 16.2 Å². The van der Waals surface area contributed by atoms with Crippen LogP contribution in [0.1, 0.15) is 19.0 Å². The molecule has 7 nitrogen and oxygen atoms in total. The molecule has 0 saturated heterocycles. The van der Waals surface area contributed by atoms with Gasteiger partial charge in [-0.15, -0.1) is 4.91 Å². The highest BCUT2D eigenvalue weighted by atomic mass is 16.3. The zero-order chi connectivity index (χ0) is 14.5. The van der Waals surface area contributed by atoms with Crippen molar-refractivity contribution in [3.63, 3.8) is 0 Å². The van der Waals surface area contributed by atoms with E-state index in [1.165, 1.54) is 12.1 Å². The molecule has 0 saturated carbocycles. The normalized spacial score (nSPS) is 10.2. The summed E-state index contributed by atoms with van der Waals surface area (Å²) in [6.07, 6.45) is 1.66. The Balaban J connectivity index is 2.27. The van der Waals surface area contributed by atoms with Gasteiger partial charge in [-0.2, -0.15) is 4.98 Å². The fourth-order valence-corrected chi connectivity index (χ4v) is 1.75. The van der Waals surface area contributed by atoms with Gasteiger partial charge in [0, 0.05) is 17.4 Å². The zero-order valence-corrected chi connectivity index (χ0v) is 11.0. The van der Waals surface area contributed by atoms with Gasteiger partial charge in [-0.3, -0.25) is 0 Å². The summed E-state index contributed by atoms with van der Waals surface area (Å²) in [7, 11) is 0. The van der Waals surface area contributed by atoms with Crippen molar-refractivity contribution in [3.05, 3.63) is 34.9 Å². The first kappa shape index (κ1) is 13.7. The minimum absolute atomic E-state index is 0.102. The third kappa shape index (κ3) is 3.19. The van der Waals surface area contributed by atoms with E-state index in [4.69, 9.17) is 5.73 Å². The summed E-state index contributed by atoms with van der Waals surface area (Å²) in [6.45, 7) is 2.02. The summed E-state index contributed by atoms with van der Waals surface area (Å²) in [4.78, 5) is 18.8. The maximum atomic E-state index is 10.6. The van der Waals surface area contributed by atoms with E-state index in [1.807, 2.05) is 6.92 Å². The summed E-state index contributed by atoms with van der Waals surface area (Å²) in [5, 5.41) is 15.3. The Morgan fingerprint density at radius 1 is 1.35 bits per heavy atom. The number of nitrogens with two attached hydrogens (primary N) is 1. The first-order chi connectivity index (χ1) is 9.62. The van der Waals surface area contributed by atoms with Crippen molar-refractivity contribution in [1.29, 1.82) is 0 Å². The molecule has 0 aliphatic rings. The number of nitrogen functional groups attached to an aromatic ring is 1. The van der Waals surface area contributed by atoms with Crippen molar-refractivity contribution in [1.82, 2.24) is 9.97 Å². The topological polar surface area (TPSA) is 113 Å². The van der Waals surface area contributed by atoms with E-state index in [0.717, 1.165) is 18.5 Å². The smallest absolute Gasteiger partial charge is 0.230 e. The Labute approximate surface area is 115 Å². The molecule has 0 atom stereocenters. The van der Waals surface area contributed by atoms with Crippen LogP contribution < -0.4 is 11.1 Å². The molecule has 1 heterocycles. The predicted octanol–water partition coefficient (Wildman–Crippen LogP) is 2.86. The van der Waals surface area contributed by atoms with Crippen molar-refractivity contribution in [2.75, 3.05) is 11.1 Å². The van der Waals surface area contributed by atoms with Crippen LogP contribution in [-0.4, -0.2) is 15.1 Å². The summed E-state index contributed by atoms with van der Waals surface area (Å²) >= 11 is 0. The second kappa shape index (κ2) is 5.96. The summed E-state index contributed by atoms with van der Waals surface area (Å²) in [5.41, 5.74) is 7.34. The van der Waals surface area contributed by atoms with Crippen LogP contribution in [0.5, 0.6) is 5.88 Å². The highest BCUT2D eigenvalue weighted by Crippen LogP contribution is 2.27. The Kier molecular flexibility index (Phi) is 4.09. The van der Waals surface area contributed by atoms with E-state index >= 15 is 0 Å². The lowest BCUT2D eigenvalue weighted by atomic mass is 10.2. The first-order valence-corrected chi connectivity index (χ1v) is 6.19. The highest BCUT2D eigenvalue weighted by molar-refractivity contribution is 5.70. The van der Waals surface area contributed by atoms with Crippen LogP contribution in [0.25, 0.3) is 0 Å². The number of rotatable bonds is 5. The van der Waals surface area contributed by atoms with Crippen LogP contribution in [0, 0.1) is 4.91 Å². The third-order valence-electron chi connectivity index (χ3n) is 2.66. The van der Waals surface area contributed by atoms with Crippen molar-refractivity contribution in [2.24, 2.45) is 5.18 Å². The van der Waals surface area contributed by atoms with Gasteiger partial charge in [0.1, 0.15) is 5.69 Å². The molecule has 0 unspecified atom stereocenters. The quantitative estimate of drug-likeness (QED) is 0.570. The monoisotopic (exact) mass is 273 g/mol. The van der Waals surface area contributed by atoms with Crippen molar-refractivity contribution >= 4 is 23.0 Å². The molecule has 4 N–H and O–H groups in total. The van der Waals surface area contributed by atoms with E-state index < -0.39 is 0 Å². The number of nitrogens with zero attached hydrogens (tertiary/aromatic N) is 3. The van der Waals surface area contributed by atoms with Gasteiger partial charge in [0.2, 0.25) is 11.8 Å². The molecule has 7 heteroatoms. The second-order valence-corrected chi connectivity index (χ2v) is 4.28. The molecule has 0 bridgehead atoms. The van der Waals surface area contributed by atoms with E-state index in [1.54, 1.807) is 12.1 Å². The number of hydrogen-bond acceptors (Lipinski definition) is 7. The lowest BCUT2D eigenvalue weighted by molar-refractivity contribution is 0.451. The minimum Gasteiger partial charge on any atom is -0.493 e. The van der Waals surface area contributed by atoms with Gasteiger partial charge >= 0.3 is 0 Å². The molecule has 2 rings (SSSR count). The number of hydrogen-bond donors (Lipinski definition) is 3. The zero-order valence-electron chi connectivity index (χ0n) is 11.0. The van der Waals surface area contributed by atoms with Gasteiger partial charge in [0.15, 0.2) is 0 Å². The molecule has 0 amide bonds. The first-order valence-electron chi connectivity index (χ1n) is 6.19. The molecule has 20 heavy (non-hydrogen) atoms. The van der Waals surface area contributed by atoms with Crippen molar-refractivity contribution < 1.29 is 5.11 Å². The number of nitrogens with one attached hydrogen (secondary N) is 1. The van der Waals surface area contributed by atoms with E-state index in [2.05, 4.69) is 20.5 Å². The number of benzene rings is 1. The predicted molar refractivity (Wildman–Crippen MR) is 77.3 cm³/mol. The van der Waals surface area contributed by atoms with E-state index in [-0.39, 0.29) is 17.5 Å². The molecule has 0 spiro atoms. The van der Waals surface area contributed by atoms with Gasteiger partial charge in [0.05, 0.1) is 5.69 Å². The van der Waals surface area contributed by atoms with Crippen LogP contribution in [0.4, 0.5) is 23.0 Å². The summed E-state index contributed by atoms with van der Waals surface area (Å²) < 4.78 is 0. The molecule has 1 aromatic carbocycles. The van der Waals surface area contributed by atoms with Crippen LogP contribution >= 0.6 is 0 Å². The molecule has 0 aliphatic heterocycles. The number of nitroso groups, excluding NO2 is 1. The number of aromatic hydroxyl groups is 1. The molecule has 2 aromatic rings. The minimum atomic E-state index is -0.102. The third-order valence-corrected chi connectivity index (χ3v) is 2.66. The van der Waals surface area contributed by atoms with Crippen LogP contribution in [0.3, 0.4) is 0 Å². The standard InChI is InChI=1S/C13H15N5O2/c1-2-3-8-7-12(19)17-13(15-8)16-9-4-5-10(14)11(6-9)18-20/h4-7H,2-3,14H2,1H3,(H2,15,16,17,19). The summed E-state index contributed by atoms with van der Waals surface area (Å²) in [6, 6.07) is 6.26. The maximum absolute atomic E-state index is 10.6. The fraction of sp³-hybridized carbons (Fsp3) is 0.231. The average molecular weight is 273 g/mol. The highest BCUT2D eigenvalue weighted by Gasteiger charge is 2.06. The lowest BCUT2D eigenvalue weighted by Crippen LogP contribution is -2.00. The van der Waals surface area contributed by atoms with Crippen LogP contribution in [-0.2, 0) is 6.42 Å². The Morgan fingerprint density at radius 3 is 2.85 bits per heavy atom. The maximum Gasteiger partial charge on any atom is 0.230 e. The molecular formula is C13H15N5O2. The molecule has 104 valence electrons.